The van der Waals surface area contributed by atoms with E-state index in [1.54, 1.807) is 43.3 Å². The van der Waals surface area contributed by atoms with Crippen molar-refractivity contribution in [1.29, 1.82) is 0 Å². The number of hydrogen-bond acceptors (Lipinski definition) is 7. The van der Waals surface area contributed by atoms with Gasteiger partial charge in [0.1, 0.15) is 0 Å². The first kappa shape index (κ1) is 26.3. The third kappa shape index (κ3) is 4.33. The predicted octanol–water partition coefficient (Wildman–Crippen LogP) is 7.14. The maximum absolute atomic E-state index is 14.1. The summed E-state index contributed by atoms with van der Waals surface area (Å²) < 4.78 is 16.9. The average molecular weight is 570 g/mol. The van der Waals surface area contributed by atoms with E-state index < -0.39 is 23.5 Å². The Labute approximate surface area is 239 Å². The topological polar surface area (TPSA) is 109 Å². The van der Waals surface area contributed by atoms with Gasteiger partial charge in [0.15, 0.2) is 34.4 Å². The van der Waals surface area contributed by atoms with Gasteiger partial charge >= 0.3 is 0 Å². The van der Waals surface area contributed by atoms with Crippen molar-refractivity contribution in [2.45, 2.75) is 13.0 Å². The number of hydrogen-bond donors (Lipinski definition) is 2. The number of fused-ring (bicyclic) bond motifs is 2. The lowest BCUT2D eigenvalue weighted by Crippen LogP contribution is -2.31. The molecule has 0 aliphatic carbocycles. The molecular weight excluding hydrogens is 546 g/mol. The van der Waals surface area contributed by atoms with Gasteiger partial charge in [0, 0.05) is 21.9 Å². The zero-order valence-corrected chi connectivity index (χ0v) is 22.8. The van der Waals surface area contributed by atoms with Gasteiger partial charge in [-0.05, 0) is 48.2 Å². The van der Waals surface area contributed by atoms with Crippen LogP contribution in [0.15, 0.2) is 94.6 Å². The SMILES string of the molecule is CCOc1cc(C2C(C(=O)c3cc4cc(Cl)cc(OC)c4o3)=C(O)C(=O)N2c2cccc3ccccc23)ccc1O. The molecule has 0 bridgehead atoms. The molecule has 1 unspecified atom stereocenters. The molecule has 1 aromatic heterocycles. The number of ketones is 1. The smallest absolute Gasteiger partial charge is 0.294 e. The number of methoxy groups -OCH3 is 1. The Hall–Kier alpha value is -4.95. The van der Waals surface area contributed by atoms with E-state index in [-0.39, 0.29) is 29.4 Å². The molecule has 5 aromatic rings. The van der Waals surface area contributed by atoms with E-state index in [4.69, 9.17) is 25.5 Å². The number of phenols is 1. The number of carbonyl (C=O) groups excluding carboxylic acids is 2. The van der Waals surface area contributed by atoms with Crippen molar-refractivity contribution in [1.82, 2.24) is 0 Å². The third-order valence-corrected chi connectivity index (χ3v) is 7.29. The summed E-state index contributed by atoms with van der Waals surface area (Å²) in [6.45, 7) is 2.06. The third-order valence-electron chi connectivity index (χ3n) is 7.07. The van der Waals surface area contributed by atoms with Crippen molar-refractivity contribution in [2.24, 2.45) is 0 Å². The zero-order valence-electron chi connectivity index (χ0n) is 22.1. The van der Waals surface area contributed by atoms with Crippen LogP contribution in [0.25, 0.3) is 21.7 Å². The number of benzene rings is 4. The minimum absolute atomic E-state index is 0.0982. The first-order chi connectivity index (χ1) is 19.8. The molecule has 6 rings (SSSR count). The van der Waals surface area contributed by atoms with Crippen LogP contribution in [0.3, 0.4) is 0 Å². The summed E-state index contributed by atoms with van der Waals surface area (Å²) in [6, 6.07) is 21.2. The zero-order chi connectivity index (χ0) is 28.8. The Balaban J connectivity index is 1.56. The summed E-state index contributed by atoms with van der Waals surface area (Å²) >= 11 is 6.21. The van der Waals surface area contributed by atoms with Gasteiger partial charge in [0.2, 0.25) is 5.78 Å². The number of ether oxygens (including phenoxy) is 2. The van der Waals surface area contributed by atoms with E-state index in [0.717, 1.165) is 10.8 Å². The number of aliphatic hydroxyl groups excluding tert-OH is 1. The van der Waals surface area contributed by atoms with Crippen LogP contribution >= 0.6 is 11.6 Å². The van der Waals surface area contributed by atoms with Gasteiger partial charge in [0.25, 0.3) is 5.91 Å². The molecule has 2 heterocycles. The number of aliphatic hydroxyl groups is 1. The Morgan fingerprint density at radius 2 is 1.76 bits per heavy atom. The molecule has 0 saturated carbocycles. The first-order valence-electron chi connectivity index (χ1n) is 12.8. The highest BCUT2D eigenvalue weighted by Crippen LogP contribution is 2.46. The van der Waals surface area contributed by atoms with E-state index in [1.165, 1.54) is 24.1 Å². The van der Waals surface area contributed by atoms with E-state index >= 15 is 0 Å². The van der Waals surface area contributed by atoms with Gasteiger partial charge in [-0.25, -0.2) is 0 Å². The maximum Gasteiger partial charge on any atom is 0.294 e. The number of phenolic OH excluding ortho intramolecular Hbond substituents is 1. The van der Waals surface area contributed by atoms with Gasteiger partial charge in [-0.15, -0.1) is 0 Å². The van der Waals surface area contributed by atoms with E-state index in [0.29, 0.717) is 33.0 Å². The lowest BCUT2D eigenvalue weighted by Gasteiger charge is -2.28. The van der Waals surface area contributed by atoms with E-state index in [2.05, 4.69) is 0 Å². The Morgan fingerprint density at radius 1 is 0.976 bits per heavy atom. The van der Waals surface area contributed by atoms with Crippen molar-refractivity contribution in [3.8, 4) is 17.2 Å². The second kappa shape index (κ2) is 10.2. The van der Waals surface area contributed by atoms with E-state index in [9.17, 15) is 19.8 Å². The van der Waals surface area contributed by atoms with Crippen molar-refractivity contribution < 1.29 is 33.7 Å². The normalized spacial score (nSPS) is 15.2. The highest BCUT2D eigenvalue weighted by atomic mass is 35.5. The Kier molecular flexibility index (Phi) is 6.55. The quantitative estimate of drug-likeness (QED) is 0.201. The summed E-state index contributed by atoms with van der Waals surface area (Å²) in [5, 5.41) is 24.2. The van der Waals surface area contributed by atoms with Crippen LogP contribution in [0.1, 0.15) is 29.1 Å². The van der Waals surface area contributed by atoms with Crippen LogP contribution < -0.4 is 14.4 Å². The average Bonchev–Trinajstić information content (AvgIpc) is 3.52. The number of amides is 1. The number of aromatic hydroxyl groups is 1. The molecule has 2 N–H and O–H groups in total. The number of anilines is 1. The fourth-order valence-corrected chi connectivity index (χ4v) is 5.49. The van der Waals surface area contributed by atoms with Crippen LogP contribution in [0.4, 0.5) is 5.69 Å². The summed E-state index contributed by atoms with van der Waals surface area (Å²) in [4.78, 5) is 29.3. The number of Topliss-reactive ketones (excluding diaryl/α,β-unsaturated/α-hetero) is 1. The molecule has 4 aromatic carbocycles. The summed E-state index contributed by atoms with van der Waals surface area (Å²) in [6.07, 6.45) is 0. The molecule has 1 amide bonds. The summed E-state index contributed by atoms with van der Waals surface area (Å²) in [5.74, 6) is -1.84. The Morgan fingerprint density at radius 3 is 2.54 bits per heavy atom. The molecule has 41 heavy (non-hydrogen) atoms. The van der Waals surface area contributed by atoms with Crippen LogP contribution in [0.5, 0.6) is 17.2 Å². The minimum Gasteiger partial charge on any atom is -0.504 e. The van der Waals surface area contributed by atoms with Crippen molar-refractivity contribution in [3.05, 3.63) is 107 Å². The van der Waals surface area contributed by atoms with Crippen LogP contribution in [-0.4, -0.2) is 35.6 Å². The Bertz CT molecular complexity index is 1890. The lowest BCUT2D eigenvalue weighted by molar-refractivity contribution is -0.117. The fraction of sp³-hybridized carbons (Fsp3) is 0.125. The van der Waals surface area contributed by atoms with Crippen LogP contribution in [0.2, 0.25) is 5.02 Å². The second-order valence-corrected chi connectivity index (χ2v) is 9.90. The van der Waals surface area contributed by atoms with Gasteiger partial charge in [-0.2, -0.15) is 0 Å². The number of rotatable bonds is 7. The number of halogens is 1. The standard InChI is InChI=1S/C32H24ClNO7/c1-3-40-24-14-18(11-12-23(24)35)28-27(29(36)25-15-19-13-20(33)16-26(39-2)31(19)41-25)30(37)32(38)34(28)22-10-6-8-17-7-4-5-9-21(17)22/h4-16,28,35,37H,3H2,1-2H3. The monoisotopic (exact) mass is 569 g/mol. The summed E-state index contributed by atoms with van der Waals surface area (Å²) in [7, 11) is 1.46. The van der Waals surface area contributed by atoms with E-state index in [1.807, 2.05) is 30.3 Å². The van der Waals surface area contributed by atoms with Gasteiger partial charge in [-0.3, -0.25) is 14.5 Å². The van der Waals surface area contributed by atoms with Gasteiger partial charge < -0.3 is 24.1 Å². The molecule has 1 aliphatic heterocycles. The highest BCUT2D eigenvalue weighted by Gasteiger charge is 2.46. The van der Waals surface area contributed by atoms with Crippen molar-refractivity contribution in [2.75, 3.05) is 18.6 Å². The molecule has 0 saturated heterocycles. The molecule has 8 nitrogen and oxygen atoms in total. The molecule has 9 heteroatoms. The predicted molar refractivity (Wildman–Crippen MR) is 155 cm³/mol. The number of nitrogens with zero attached hydrogens (tertiary/aromatic N) is 1. The molecule has 0 fully saturated rings. The van der Waals surface area contributed by atoms with Gasteiger partial charge in [-0.1, -0.05) is 54.1 Å². The summed E-state index contributed by atoms with van der Waals surface area (Å²) in [5.41, 5.74) is 1.06. The largest absolute Gasteiger partial charge is 0.504 e. The maximum atomic E-state index is 14.1. The fourth-order valence-electron chi connectivity index (χ4n) is 5.27. The number of furan rings is 1. The molecule has 0 radical (unpaired) electrons. The molecule has 206 valence electrons. The van der Waals surface area contributed by atoms with Crippen molar-refractivity contribution >= 4 is 50.7 Å². The van der Waals surface area contributed by atoms with Gasteiger partial charge in [0.05, 0.1) is 31.0 Å². The highest BCUT2D eigenvalue weighted by molar-refractivity contribution is 6.31. The van der Waals surface area contributed by atoms with Crippen LogP contribution in [-0.2, 0) is 4.79 Å². The molecule has 0 spiro atoms. The van der Waals surface area contributed by atoms with Crippen molar-refractivity contribution in [3.63, 3.8) is 0 Å². The molecule has 1 aliphatic rings. The van der Waals surface area contributed by atoms with Crippen LogP contribution in [0, 0.1) is 0 Å². The molecular formula is C32H24ClNO7. The number of carbonyl (C=O) groups is 2. The first-order valence-corrected chi connectivity index (χ1v) is 13.2. The minimum atomic E-state index is -1.07. The molecule has 1 atom stereocenters. The second-order valence-electron chi connectivity index (χ2n) is 9.46. The lowest BCUT2D eigenvalue weighted by atomic mass is 9.94.